The van der Waals surface area contributed by atoms with Gasteiger partial charge in [-0.15, -0.1) is 0 Å². The first kappa shape index (κ1) is 16.6. The molecular formula is C13H19NO5S. The van der Waals surface area contributed by atoms with Gasteiger partial charge >= 0.3 is 5.97 Å². The van der Waals surface area contributed by atoms with Gasteiger partial charge in [0.05, 0.1) is 11.3 Å². The molecule has 0 aliphatic rings. The summed E-state index contributed by atoms with van der Waals surface area (Å²) in [6.07, 6.45) is 0.146. The molecule has 0 saturated heterocycles. The third-order valence-electron chi connectivity index (χ3n) is 2.74. The number of hydrogen-bond donors (Lipinski definition) is 3. The first-order chi connectivity index (χ1) is 9.16. The highest BCUT2D eigenvalue weighted by atomic mass is 32.2. The lowest BCUT2D eigenvalue weighted by atomic mass is 10.0. The van der Waals surface area contributed by atoms with E-state index in [-0.39, 0.29) is 17.9 Å². The van der Waals surface area contributed by atoms with Gasteiger partial charge in [0.1, 0.15) is 0 Å². The summed E-state index contributed by atoms with van der Waals surface area (Å²) in [4.78, 5) is 10.6. The average Bonchev–Trinajstić information content (AvgIpc) is 2.27. The van der Waals surface area contributed by atoms with Gasteiger partial charge in [0.25, 0.3) is 0 Å². The molecule has 1 aromatic carbocycles. The summed E-state index contributed by atoms with van der Waals surface area (Å²) in [5.74, 6) is -0.970. The van der Waals surface area contributed by atoms with Crippen molar-refractivity contribution in [3.05, 3.63) is 29.8 Å². The summed E-state index contributed by atoms with van der Waals surface area (Å²) in [5, 5.41) is 17.6. The number of aliphatic hydroxyl groups excluding tert-OH is 1. The van der Waals surface area contributed by atoms with Crippen molar-refractivity contribution >= 4 is 16.0 Å². The van der Waals surface area contributed by atoms with Crippen molar-refractivity contribution in [1.29, 1.82) is 0 Å². The zero-order valence-corrected chi connectivity index (χ0v) is 12.3. The third kappa shape index (κ3) is 4.92. The smallest absolute Gasteiger partial charge is 0.307 e. The Bertz CT molecular complexity index is 563. The Labute approximate surface area is 118 Å². The lowest BCUT2D eigenvalue weighted by molar-refractivity contribution is -0.136. The number of carbonyl (C=O) groups is 1. The molecular weight excluding hydrogens is 282 g/mol. The van der Waals surface area contributed by atoms with Crippen LogP contribution in [0, 0.1) is 0 Å². The Hall–Kier alpha value is -1.44. The van der Waals surface area contributed by atoms with Gasteiger partial charge in [-0.3, -0.25) is 4.79 Å². The van der Waals surface area contributed by atoms with E-state index in [1.165, 1.54) is 24.3 Å². The molecule has 0 spiro atoms. The molecule has 0 saturated carbocycles. The molecule has 6 nitrogen and oxygen atoms in total. The maximum Gasteiger partial charge on any atom is 0.307 e. The van der Waals surface area contributed by atoms with E-state index in [9.17, 15) is 13.2 Å². The van der Waals surface area contributed by atoms with Crippen molar-refractivity contribution in [2.45, 2.75) is 37.1 Å². The summed E-state index contributed by atoms with van der Waals surface area (Å²) in [6, 6.07) is 5.69. The summed E-state index contributed by atoms with van der Waals surface area (Å²) in [7, 11) is -3.69. The summed E-state index contributed by atoms with van der Waals surface area (Å²) in [6.45, 7) is 3.24. The number of aliphatic carboxylic acids is 1. The van der Waals surface area contributed by atoms with Crippen molar-refractivity contribution < 1.29 is 23.4 Å². The van der Waals surface area contributed by atoms with E-state index in [1.54, 1.807) is 13.8 Å². The van der Waals surface area contributed by atoms with Crippen LogP contribution in [-0.4, -0.2) is 36.7 Å². The number of sulfonamides is 1. The van der Waals surface area contributed by atoms with E-state index in [0.29, 0.717) is 12.0 Å². The van der Waals surface area contributed by atoms with Gasteiger partial charge in [0.2, 0.25) is 10.0 Å². The van der Waals surface area contributed by atoms with E-state index in [4.69, 9.17) is 10.2 Å². The van der Waals surface area contributed by atoms with Crippen LogP contribution in [0.4, 0.5) is 0 Å². The quantitative estimate of drug-likeness (QED) is 0.689. The first-order valence-electron chi connectivity index (χ1n) is 6.12. The van der Waals surface area contributed by atoms with Crippen LogP contribution < -0.4 is 4.72 Å². The molecule has 1 aromatic rings. The second-order valence-corrected chi connectivity index (χ2v) is 6.86. The van der Waals surface area contributed by atoms with Crippen LogP contribution in [0.1, 0.15) is 25.8 Å². The number of carboxylic acids is 1. The molecule has 3 N–H and O–H groups in total. The Balaban J connectivity index is 2.90. The van der Waals surface area contributed by atoms with Gasteiger partial charge in [0.15, 0.2) is 0 Å². The second-order valence-electron chi connectivity index (χ2n) is 5.18. The largest absolute Gasteiger partial charge is 0.481 e. The second kappa shape index (κ2) is 6.34. The molecule has 1 rings (SSSR count). The molecule has 112 valence electrons. The van der Waals surface area contributed by atoms with Gasteiger partial charge in [-0.25, -0.2) is 13.1 Å². The van der Waals surface area contributed by atoms with E-state index in [1.807, 2.05) is 0 Å². The van der Waals surface area contributed by atoms with Crippen molar-refractivity contribution in [3.8, 4) is 0 Å². The fourth-order valence-electron chi connectivity index (χ4n) is 1.71. The number of nitrogens with one attached hydrogen (secondary N) is 1. The van der Waals surface area contributed by atoms with Crippen molar-refractivity contribution in [3.63, 3.8) is 0 Å². The minimum Gasteiger partial charge on any atom is -0.481 e. The minimum absolute atomic E-state index is 0.0673. The van der Waals surface area contributed by atoms with Gasteiger partial charge in [-0.1, -0.05) is 12.1 Å². The highest BCUT2D eigenvalue weighted by Gasteiger charge is 2.25. The zero-order valence-electron chi connectivity index (χ0n) is 11.5. The Morgan fingerprint density at radius 1 is 1.25 bits per heavy atom. The molecule has 0 aliphatic heterocycles. The lowest BCUT2D eigenvalue weighted by Crippen LogP contribution is -2.43. The van der Waals surface area contributed by atoms with Gasteiger partial charge in [-0.05, 0) is 38.0 Å². The predicted octanol–water partition coefficient (Wildman–Crippen LogP) is 0.753. The summed E-state index contributed by atoms with van der Waals surface area (Å²) >= 11 is 0. The normalized spacial score (nSPS) is 12.3. The maximum absolute atomic E-state index is 12.1. The molecule has 0 aliphatic carbocycles. The number of carboxylic acid groups (broad SMARTS) is 1. The van der Waals surface area contributed by atoms with Crippen LogP contribution >= 0.6 is 0 Å². The Kier molecular flexibility index (Phi) is 5.27. The number of benzene rings is 1. The molecule has 0 bridgehead atoms. The fraction of sp³-hybridized carbons (Fsp3) is 0.462. The number of hydrogen-bond acceptors (Lipinski definition) is 4. The molecule has 0 unspecified atom stereocenters. The Morgan fingerprint density at radius 3 is 2.25 bits per heavy atom. The highest BCUT2D eigenvalue weighted by molar-refractivity contribution is 7.89. The van der Waals surface area contributed by atoms with Crippen LogP contribution in [-0.2, 0) is 21.2 Å². The van der Waals surface area contributed by atoms with Crippen LogP contribution in [0.3, 0.4) is 0 Å². The van der Waals surface area contributed by atoms with Crippen molar-refractivity contribution in [2.24, 2.45) is 0 Å². The molecule has 0 fully saturated rings. The SMILES string of the molecule is CC(C)(CCO)NS(=O)(=O)c1ccc(CC(=O)O)cc1. The van der Waals surface area contributed by atoms with Crippen LogP contribution in [0.5, 0.6) is 0 Å². The van der Waals surface area contributed by atoms with Crippen LogP contribution in [0.25, 0.3) is 0 Å². The topological polar surface area (TPSA) is 104 Å². The highest BCUT2D eigenvalue weighted by Crippen LogP contribution is 2.16. The zero-order chi connectivity index (χ0) is 15.4. The van der Waals surface area contributed by atoms with Crippen molar-refractivity contribution in [1.82, 2.24) is 4.72 Å². The molecule has 0 radical (unpaired) electrons. The first-order valence-corrected chi connectivity index (χ1v) is 7.60. The van der Waals surface area contributed by atoms with E-state index < -0.39 is 21.5 Å². The molecule has 0 heterocycles. The van der Waals surface area contributed by atoms with Gasteiger partial charge in [0, 0.05) is 12.1 Å². The van der Waals surface area contributed by atoms with Crippen LogP contribution in [0.15, 0.2) is 29.2 Å². The van der Waals surface area contributed by atoms with Crippen LogP contribution in [0.2, 0.25) is 0 Å². The molecule has 0 amide bonds. The molecule has 7 heteroatoms. The van der Waals surface area contributed by atoms with E-state index >= 15 is 0 Å². The predicted molar refractivity (Wildman–Crippen MR) is 73.9 cm³/mol. The summed E-state index contributed by atoms with van der Waals surface area (Å²) in [5.41, 5.74) is -0.223. The molecule has 0 atom stereocenters. The Morgan fingerprint density at radius 2 is 1.80 bits per heavy atom. The maximum atomic E-state index is 12.1. The van der Waals surface area contributed by atoms with Gasteiger partial charge in [-0.2, -0.15) is 0 Å². The minimum atomic E-state index is -3.69. The third-order valence-corrected chi connectivity index (χ3v) is 4.45. The monoisotopic (exact) mass is 301 g/mol. The fourth-order valence-corrected chi connectivity index (χ4v) is 3.16. The molecule has 20 heavy (non-hydrogen) atoms. The summed E-state index contributed by atoms with van der Waals surface area (Å²) < 4.78 is 26.8. The van der Waals surface area contributed by atoms with E-state index in [2.05, 4.69) is 4.72 Å². The molecule has 0 aromatic heterocycles. The number of rotatable bonds is 7. The standard InChI is InChI=1S/C13H19NO5S/c1-13(2,7-8-15)14-20(18,19)11-5-3-10(4-6-11)9-12(16)17/h3-6,14-15H,7-9H2,1-2H3,(H,16,17). The van der Waals surface area contributed by atoms with Gasteiger partial charge < -0.3 is 10.2 Å². The average molecular weight is 301 g/mol. The number of aliphatic hydroxyl groups is 1. The van der Waals surface area contributed by atoms with Crippen molar-refractivity contribution in [2.75, 3.05) is 6.61 Å². The lowest BCUT2D eigenvalue weighted by Gasteiger charge is -2.25. The van der Waals surface area contributed by atoms with E-state index in [0.717, 1.165) is 0 Å².